The standard InChI is InChI=1S/C18H20BrN3O3/c1-13-11-14(4-5-15(13)19)20-17(23)12-21-6-8-22(9-7-21)18(24)16-3-2-10-25-16/h2-5,10-11H,6-9,12H2,1H3,(H,20,23). The monoisotopic (exact) mass is 405 g/mol. The van der Waals surface area contributed by atoms with E-state index >= 15 is 0 Å². The molecule has 1 aromatic heterocycles. The molecule has 25 heavy (non-hydrogen) atoms. The second-order valence-electron chi connectivity index (χ2n) is 6.06. The Kier molecular flexibility index (Phi) is 5.55. The summed E-state index contributed by atoms with van der Waals surface area (Å²) in [5.74, 6) is 0.212. The fraction of sp³-hybridized carbons (Fsp3) is 0.333. The van der Waals surface area contributed by atoms with Gasteiger partial charge in [0.1, 0.15) is 0 Å². The fourth-order valence-electron chi connectivity index (χ4n) is 2.79. The van der Waals surface area contributed by atoms with Crippen LogP contribution in [0.1, 0.15) is 16.1 Å². The van der Waals surface area contributed by atoms with Gasteiger partial charge in [0.25, 0.3) is 5.91 Å². The summed E-state index contributed by atoms with van der Waals surface area (Å²) in [6.45, 7) is 4.81. The third kappa shape index (κ3) is 4.49. The van der Waals surface area contributed by atoms with E-state index in [1.54, 1.807) is 17.0 Å². The zero-order valence-electron chi connectivity index (χ0n) is 14.0. The quantitative estimate of drug-likeness (QED) is 0.848. The Labute approximate surface area is 154 Å². The van der Waals surface area contributed by atoms with Gasteiger partial charge in [0, 0.05) is 36.3 Å². The van der Waals surface area contributed by atoms with Gasteiger partial charge in [-0.1, -0.05) is 15.9 Å². The van der Waals surface area contributed by atoms with E-state index < -0.39 is 0 Å². The molecule has 6 nitrogen and oxygen atoms in total. The molecule has 0 spiro atoms. The predicted octanol–water partition coefficient (Wildman–Crippen LogP) is 2.75. The van der Waals surface area contributed by atoms with Gasteiger partial charge in [-0.2, -0.15) is 0 Å². The number of carbonyl (C=O) groups excluding carboxylic acids is 2. The third-order valence-corrected chi connectivity index (χ3v) is 5.09. The first kappa shape index (κ1) is 17.7. The van der Waals surface area contributed by atoms with Crippen molar-refractivity contribution >= 4 is 33.4 Å². The highest BCUT2D eigenvalue weighted by Gasteiger charge is 2.24. The summed E-state index contributed by atoms with van der Waals surface area (Å²) in [6, 6.07) is 9.10. The highest BCUT2D eigenvalue weighted by atomic mass is 79.9. The molecule has 0 aliphatic carbocycles. The average molecular weight is 406 g/mol. The molecular formula is C18H20BrN3O3. The molecule has 2 heterocycles. The van der Waals surface area contributed by atoms with Gasteiger partial charge in [0.2, 0.25) is 5.91 Å². The van der Waals surface area contributed by atoms with Gasteiger partial charge in [-0.15, -0.1) is 0 Å². The molecule has 1 saturated heterocycles. The first-order chi connectivity index (χ1) is 12.0. The third-order valence-electron chi connectivity index (χ3n) is 4.20. The van der Waals surface area contributed by atoms with Crippen LogP contribution in [0.25, 0.3) is 0 Å². The number of amides is 2. The topological polar surface area (TPSA) is 65.8 Å². The number of benzene rings is 1. The minimum absolute atomic E-state index is 0.0486. The number of halogens is 1. The van der Waals surface area contributed by atoms with Crippen LogP contribution in [0.2, 0.25) is 0 Å². The van der Waals surface area contributed by atoms with E-state index in [1.165, 1.54) is 6.26 Å². The van der Waals surface area contributed by atoms with E-state index in [2.05, 4.69) is 21.2 Å². The summed E-state index contributed by atoms with van der Waals surface area (Å²) >= 11 is 3.45. The van der Waals surface area contributed by atoms with Crippen molar-refractivity contribution in [3.8, 4) is 0 Å². The molecule has 0 atom stereocenters. The molecule has 0 saturated carbocycles. The number of hydrogen-bond donors (Lipinski definition) is 1. The number of aryl methyl sites for hydroxylation is 1. The van der Waals surface area contributed by atoms with Crippen LogP contribution < -0.4 is 5.32 Å². The lowest BCUT2D eigenvalue weighted by Crippen LogP contribution is -2.50. The lowest BCUT2D eigenvalue weighted by molar-refractivity contribution is -0.117. The molecule has 1 aromatic carbocycles. The summed E-state index contributed by atoms with van der Waals surface area (Å²) in [5, 5.41) is 2.92. The molecule has 1 aliphatic heterocycles. The van der Waals surface area contributed by atoms with Gasteiger partial charge >= 0.3 is 0 Å². The second-order valence-corrected chi connectivity index (χ2v) is 6.91. The molecule has 3 rings (SSSR count). The molecule has 0 unspecified atom stereocenters. The fourth-order valence-corrected chi connectivity index (χ4v) is 3.04. The summed E-state index contributed by atoms with van der Waals surface area (Å²) in [7, 11) is 0. The molecule has 0 bridgehead atoms. The zero-order valence-corrected chi connectivity index (χ0v) is 15.6. The second kappa shape index (κ2) is 7.84. The van der Waals surface area contributed by atoms with Gasteiger partial charge in [-0.3, -0.25) is 14.5 Å². The molecule has 2 amide bonds. The van der Waals surface area contributed by atoms with Gasteiger partial charge in [0.15, 0.2) is 5.76 Å². The van der Waals surface area contributed by atoms with Crippen LogP contribution in [-0.4, -0.2) is 54.3 Å². The minimum Gasteiger partial charge on any atom is -0.459 e. The van der Waals surface area contributed by atoms with Crippen molar-refractivity contribution in [3.63, 3.8) is 0 Å². The van der Waals surface area contributed by atoms with Gasteiger partial charge in [0.05, 0.1) is 12.8 Å². The maximum absolute atomic E-state index is 12.2. The Balaban J connectivity index is 1.47. The highest BCUT2D eigenvalue weighted by Crippen LogP contribution is 2.20. The maximum atomic E-state index is 12.2. The Morgan fingerprint density at radius 3 is 2.60 bits per heavy atom. The van der Waals surface area contributed by atoms with Crippen molar-refractivity contribution in [2.75, 3.05) is 38.0 Å². The Morgan fingerprint density at radius 2 is 1.96 bits per heavy atom. The number of carbonyl (C=O) groups is 2. The molecule has 132 valence electrons. The molecular weight excluding hydrogens is 386 g/mol. The molecule has 1 N–H and O–H groups in total. The summed E-state index contributed by atoms with van der Waals surface area (Å²) in [4.78, 5) is 28.2. The van der Waals surface area contributed by atoms with E-state index in [-0.39, 0.29) is 11.8 Å². The summed E-state index contributed by atoms with van der Waals surface area (Å²) in [6.07, 6.45) is 1.50. The summed E-state index contributed by atoms with van der Waals surface area (Å²) in [5.41, 5.74) is 1.86. The predicted molar refractivity (Wildman–Crippen MR) is 98.6 cm³/mol. The number of nitrogens with zero attached hydrogens (tertiary/aromatic N) is 2. The largest absolute Gasteiger partial charge is 0.459 e. The van der Waals surface area contributed by atoms with Crippen molar-refractivity contribution in [1.29, 1.82) is 0 Å². The van der Waals surface area contributed by atoms with Crippen LogP contribution in [-0.2, 0) is 4.79 Å². The number of nitrogens with one attached hydrogen (secondary N) is 1. The van der Waals surface area contributed by atoms with Crippen LogP contribution in [0, 0.1) is 6.92 Å². The Morgan fingerprint density at radius 1 is 1.20 bits per heavy atom. The van der Waals surface area contributed by atoms with E-state index in [0.29, 0.717) is 38.5 Å². The van der Waals surface area contributed by atoms with Crippen LogP contribution in [0.5, 0.6) is 0 Å². The molecule has 2 aromatic rings. The zero-order chi connectivity index (χ0) is 17.8. The van der Waals surface area contributed by atoms with Crippen LogP contribution in [0.15, 0.2) is 45.5 Å². The summed E-state index contributed by atoms with van der Waals surface area (Å²) < 4.78 is 6.17. The minimum atomic E-state index is -0.0977. The van der Waals surface area contributed by atoms with E-state index in [0.717, 1.165) is 15.7 Å². The lowest BCUT2D eigenvalue weighted by atomic mass is 10.2. The number of rotatable bonds is 4. The number of piperazine rings is 1. The van der Waals surface area contributed by atoms with Crippen LogP contribution in [0.4, 0.5) is 5.69 Å². The normalized spacial score (nSPS) is 15.2. The molecule has 1 aliphatic rings. The van der Waals surface area contributed by atoms with Crippen molar-refractivity contribution in [2.45, 2.75) is 6.92 Å². The van der Waals surface area contributed by atoms with Crippen molar-refractivity contribution < 1.29 is 14.0 Å². The van der Waals surface area contributed by atoms with E-state index in [9.17, 15) is 9.59 Å². The molecule has 1 fully saturated rings. The Hall–Kier alpha value is -2.12. The van der Waals surface area contributed by atoms with Crippen molar-refractivity contribution in [2.24, 2.45) is 0 Å². The first-order valence-corrected chi connectivity index (χ1v) is 8.93. The SMILES string of the molecule is Cc1cc(NC(=O)CN2CCN(C(=O)c3ccco3)CC2)ccc1Br. The smallest absolute Gasteiger partial charge is 0.289 e. The van der Waals surface area contributed by atoms with Gasteiger partial charge < -0.3 is 14.6 Å². The number of hydrogen-bond acceptors (Lipinski definition) is 4. The van der Waals surface area contributed by atoms with Crippen LogP contribution in [0.3, 0.4) is 0 Å². The van der Waals surface area contributed by atoms with Crippen molar-refractivity contribution in [3.05, 3.63) is 52.4 Å². The van der Waals surface area contributed by atoms with Gasteiger partial charge in [-0.25, -0.2) is 0 Å². The van der Waals surface area contributed by atoms with Gasteiger partial charge in [-0.05, 0) is 42.8 Å². The van der Waals surface area contributed by atoms with E-state index in [1.807, 2.05) is 30.0 Å². The van der Waals surface area contributed by atoms with Crippen LogP contribution >= 0.6 is 15.9 Å². The van der Waals surface area contributed by atoms with Crippen molar-refractivity contribution in [1.82, 2.24) is 9.80 Å². The maximum Gasteiger partial charge on any atom is 0.289 e. The lowest BCUT2D eigenvalue weighted by Gasteiger charge is -2.33. The number of furan rings is 1. The first-order valence-electron chi connectivity index (χ1n) is 8.14. The average Bonchev–Trinajstić information content (AvgIpc) is 3.13. The molecule has 0 radical (unpaired) electrons. The number of anilines is 1. The highest BCUT2D eigenvalue weighted by molar-refractivity contribution is 9.10. The van der Waals surface area contributed by atoms with E-state index in [4.69, 9.17) is 4.42 Å². The Bertz CT molecular complexity index is 753. The molecule has 7 heteroatoms.